The molecule has 0 saturated carbocycles. The lowest BCUT2D eigenvalue weighted by Gasteiger charge is -2.08. The maximum absolute atomic E-state index is 11.4. The summed E-state index contributed by atoms with van der Waals surface area (Å²) in [5.41, 5.74) is 0. The first-order valence-corrected chi connectivity index (χ1v) is 7.55. The average molecular weight is 288 g/mol. The standard InChI is InChI=1S/C13H24N2O3S/c1-9(2)11(16)7-14-13(18)8-15-12(17)5-6-19-10(3)4/h9-10H,5-8H2,1-4H3,(H,14,18)(H,15,17). The van der Waals surface area contributed by atoms with Crippen molar-refractivity contribution in [2.24, 2.45) is 5.92 Å². The molecular formula is C13H24N2O3S. The van der Waals surface area contributed by atoms with Crippen molar-refractivity contribution in [2.75, 3.05) is 18.8 Å². The normalized spacial score (nSPS) is 10.6. The van der Waals surface area contributed by atoms with Crippen molar-refractivity contribution in [3.8, 4) is 0 Å². The lowest BCUT2D eigenvalue weighted by atomic mass is 10.1. The van der Waals surface area contributed by atoms with Gasteiger partial charge in [-0.2, -0.15) is 11.8 Å². The minimum Gasteiger partial charge on any atom is -0.347 e. The summed E-state index contributed by atoms with van der Waals surface area (Å²) < 4.78 is 0. The van der Waals surface area contributed by atoms with Crippen molar-refractivity contribution in [3.63, 3.8) is 0 Å². The first-order chi connectivity index (χ1) is 8.82. The van der Waals surface area contributed by atoms with E-state index in [0.29, 0.717) is 11.7 Å². The molecular weight excluding hydrogens is 264 g/mol. The van der Waals surface area contributed by atoms with E-state index >= 15 is 0 Å². The van der Waals surface area contributed by atoms with Crippen molar-refractivity contribution in [1.82, 2.24) is 10.6 Å². The molecule has 0 rings (SSSR count). The summed E-state index contributed by atoms with van der Waals surface area (Å²) in [6.07, 6.45) is 0.404. The van der Waals surface area contributed by atoms with Crippen LogP contribution in [-0.2, 0) is 14.4 Å². The molecule has 0 aliphatic heterocycles. The number of nitrogens with one attached hydrogen (secondary N) is 2. The minimum absolute atomic E-state index is 0.0204. The Labute approximate surface area is 119 Å². The summed E-state index contributed by atoms with van der Waals surface area (Å²) >= 11 is 1.71. The lowest BCUT2D eigenvalue weighted by molar-refractivity contribution is -0.127. The molecule has 0 aromatic heterocycles. The van der Waals surface area contributed by atoms with Crippen LogP contribution in [0.15, 0.2) is 0 Å². The number of Topliss-reactive ketones (excluding diaryl/α,β-unsaturated/α-hetero) is 1. The zero-order chi connectivity index (χ0) is 14.8. The minimum atomic E-state index is -0.334. The van der Waals surface area contributed by atoms with E-state index in [1.807, 2.05) is 0 Å². The van der Waals surface area contributed by atoms with Crippen LogP contribution >= 0.6 is 11.8 Å². The molecule has 0 aromatic rings. The van der Waals surface area contributed by atoms with Crippen LogP contribution in [0.2, 0.25) is 0 Å². The van der Waals surface area contributed by atoms with Gasteiger partial charge in [0.2, 0.25) is 11.8 Å². The molecule has 0 saturated heterocycles. The number of ketones is 1. The molecule has 0 spiro atoms. The van der Waals surface area contributed by atoms with Gasteiger partial charge in [-0.05, 0) is 5.25 Å². The van der Waals surface area contributed by atoms with Gasteiger partial charge in [0.05, 0.1) is 13.1 Å². The molecule has 0 atom stereocenters. The Morgan fingerprint density at radius 2 is 1.53 bits per heavy atom. The summed E-state index contributed by atoms with van der Waals surface area (Å²) in [7, 11) is 0. The Bertz CT molecular complexity index is 317. The third kappa shape index (κ3) is 10.6. The average Bonchev–Trinajstić information content (AvgIpc) is 2.32. The van der Waals surface area contributed by atoms with Crippen molar-refractivity contribution < 1.29 is 14.4 Å². The SMILES string of the molecule is CC(C)SCCC(=O)NCC(=O)NCC(=O)C(C)C. The number of thioether (sulfide) groups is 1. The van der Waals surface area contributed by atoms with E-state index in [4.69, 9.17) is 0 Å². The molecule has 110 valence electrons. The quantitative estimate of drug-likeness (QED) is 0.663. The van der Waals surface area contributed by atoms with Gasteiger partial charge in [0.25, 0.3) is 0 Å². The highest BCUT2D eigenvalue weighted by molar-refractivity contribution is 7.99. The third-order valence-corrected chi connectivity index (χ3v) is 3.44. The van der Waals surface area contributed by atoms with Gasteiger partial charge in [0.1, 0.15) is 0 Å². The Morgan fingerprint density at radius 1 is 0.947 bits per heavy atom. The van der Waals surface area contributed by atoms with E-state index in [2.05, 4.69) is 24.5 Å². The van der Waals surface area contributed by atoms with E-state index < -0.39 is 0 Å². The number of carbonyl (C=O) groups excluding carboxylic acids is 3. The number of hydrogen-bond donors (Lipinski definition) is 2. The second-order valence-corrected chi connectivity index (χ2v) is 6.53. The van der Waals surface area contributed by atoms with Crippen LogP contribution < -0.4 is 10.6 Å². The van der Waals surface area contributed by atoms with E-state index in [1.54, 1.807) is 25.6 Å². The van der Waals surface area contributed by atoms with Crippen LogP contribution in [-0.4, -0.2) is 41.7 Å². The third-order valence-electron chi connectivity index (χ3n) is 2.33. The molecule has 0 fully saturated rings. The van der Waals surface area contributed by atoms with Gasteiger partial charge in [-0.25, -0.2) is 0 Å². The van der Waals surface area contributed by atoms with Crippen LogP contribution in [0, 0.1) is 5.92 Å². The van der Waals surface area contributed by atoms with Gasteiger partial charge in [-0.1, -0.05) is 27.7 Å². The fourth-order valence-electron chi connectivity index (χ4n) is 1.11. The Balaban J connectivity index is 3.67. The summed E-state index contributed by atoms with van der Waals surface area (Å²) in [5.74, 6) is 0.157. The largest absolute Gasteiger partial charge is 0.347 e. The van der Waals surface area contributed by atoms with E-state index in [9.17, 15) is 14.4 Å². The van der Waals surface area contributed by atoms with Crippen LogP contribution in [0.25, 0.3) is 0 Å². The second-order valence-electron chi connectivity index (χ2n) is 4.84. The van der Waals surface area contributed by atoms with Crippen LogP contribution in [0.4, 0.5) is 0 Å². The topological polar surface area (TPSA) is 75.3 Å². The van der Waals surface area contributed by atoms with Gasteiger partial charge < -0.3 is 10.6 Å². The zero-order valence-electron chi connectivity index (χ0n) is 12.1. The van der Waals surface area contributed by atoms with Gasteiger partial charge in [-0.15, -0.1) is 0 Å². The van der Waals surface area contributed by atoms with Gasteiger partial charge >= 0.3 is 0 Å². The highest BCUT2D eigenvalue weighted by Crippen LogP contribution is 2.09. The fourth-order valence-corrected chi connectivity index (χ4v) is 1.88. The molecule has 0 heterocycles. The zero-order valence-corrected chi connectivity index (χ0v) is 12.9. The molecule has 0 aromatic carbocycles. The van der Waals surface area contributed by atoms with Crippen molar-refractivity contribution >= 4 is 29.4 Å². The molecule has 0 aliphatic carbocycles. The van der Waals surface area contributed by atoms with Crippen LogP contribution in [0.5, 0.6) is 0 Å². The predicted molar refractivity (Wildman–Crippen MR) is 78.1 cm³/mol. The molecule has 0 unspecified atom stereocenters. The maximum atomic E-state index is 11.4. The van der Waals surface area contributed by atoms with Crippen molar-refractivity contribution in [3.05, 3.63) is 0 Å². The second kappa shape index (κ2) is 9.83. The molecule has 2 N–H and O–H groups in total. The highest BCUT2D eigenvalue weighted by atomic mass is 32.2. The van der Waals surface area contributed by atoms with E-state index in [0.717, 1.165) is 5.75 Å². The van der Waals surface area contributed by atoms with Crippen molar-refractivity contribution in [1.29, 1.82) is 0 Å². The van der Waals surface area contributed by atoms with Gasteiger partial charge in [0, 0.05) is 18.1 Å². The smallest absolute Gasteiger partial charge is 0.239 e. The molecule has 2 amide bonds. The number of amides is 2. The summed E-state index contributed by atoms with van der Waals surface area (Å²) in [6, 6.07) is 0. The lowest BCUT2D eigenvalue weighted by Crippen LogP contribution is -2.39. The molecule has 0 bridgehead atoms. The first kappa shape index (κ1) is 18.0. The summed E-state index contributed by atoms with van der Waals surface area (Å²) in [6.45, 7) is 7.65. The fraction of sp³-hybridized carbons (Fsp3) is 0.769. The number of carbonyl (C=O) groups is 3. The Morgan fingerprint density at radius 3 is 2.05 bits per heavy atom. The van der Waals surface area contributed by atoms with Crippen LogP contribution in [0.3, 0.4) is 0 Å². The predicted octanol–water partition coefficient (Wildman–Crippen LogP) is 0.976. The van der Waals surface area contributed by atoms with Gasteiger partial charge in [-0.3, -0.25) is 14.4 Å². The molecule has 6 heteroatoms. The molecule has 0 aliphatic rings. The summed E-state index contributed by atoms with van der Waals surface area (Å²) in [4.78, 5) is 34.1. The van der Waals surface area contributed by atoms with Gasteiger partial charge in [0.15, 0.2) is 5.78 Å². The Kier molecular flexibility index (Phi) is 9.30. The number of rotatable bonds is 9. The molecule has 5 nitrogen and oxygen atoms in total. The maximum Gasteiger partial charge on any atom is 0.239 e. The Hall–Kier alpha value is -1.04. The van der Waals surface area contributed by atoms with Crippen LogP contribution in [0.1, 0.15) is 34.1 Å². The number of hydrogen-bond acceptors (Lipinski definition) is 4. The molecule has 19 heavy (non-hydrogen) atoms. The van der Waals surface area contributed by atoms with E-state index in [-0.39, 0.29) is 36.6 Å². The van der Waals surface area contributed by atoms with Crippen molar-refractivity contribution in [2.45, 2.75) is 39.4 Å². The highest BCUT2D eigenvalue weighted by Gasteiger charge is 2.10. The monoisotopic (exact) mass is 288 g/mol. The summed E-state index contributed by atoms with van der Waals surface area (Å²) in [5, 5.41) is 5.52. The first-order valence-electron chi connectivity index (χ1n) is 6.50. The van der Waals surface area contributed by atoms with E-state index in [1.165, 1.54) is 0 Å². The molecule has 0 radical (unpaired) electrons.